The van der Waals surface area contributed by atoms with Crippen LogP contribution in [0.1, 0.15) is 38.6 Å². The van der Waals surface area contributed by atoms with Gasteiger partial charge in [0.05, 0.1) is 6.10 Å². The minimum Gasteiger partial charge on any atom is -0.490 e. The molecule has 0 fully saturated rings. The zero-order valence-corrected chi connectivity index (χ0v) is 16.9. The van der Waals surface area contributed by atoms with Crippen molar-refractivity contribution >= 4 is 34.6 Å². The summed E-state index contributed by atoms with van der Waals surface area (Å²) in [6.07, 6.45) is 3.32. The first kappa shape index (κ1) is 19.9. The van der Waals surface area contributed by atoms with Crippen molar-refractivity contribution in [1.82, 2.24) is 15.2 Å². The summed E-state index contributed by atoms with van der Waals surface area (Å²) < 4.78 is 5.94. The number of aliphatic carboxylic acids is 1. The summed E-state index contributed by atoms with van der Waals surface area (Å²) in [6.45, 7) is 5.94. The number of benzene rings is 2. The van der Waals surface area contributed by atoms with Crippen molar-refractivity contribution in [1.29, 1.82) is 0 Å². The minimum atomic E-state index is -1.03. The molecule has 0 spiro atoms. The Labute approximate surface area is 168 Å². The first-order valence-corrected chi connectivity index (χ1v) is 10.0. The number of nitrogens with one attached hydrogen (secondary N) is 1. The fourth-order valence-electron chi connectivity index (χ4n) is 2.82. The molecule has 0 bridgehead atoms. The van der Waals surface area contributed by atoms with Crippen LogP contribution in [0.2, 0.25) is 0 Å². The van der Waals surface area contributed by atoms with E-state index in [4.69, 9.17) is 4.74 Å². The van der Waals surface area contributed by atoms with Gasteiger partial charge in [0.25, 0.3) is 0 Å². The molecule has 0 aliphatic rings. The Balaban J connectivity index is 2.05. The molecule has 1 heterocycles. The number of carboxylic acids is 1. The summed E-state index contributed by atoms with van der Waals surface area (Å²) >= 11 is 1.03. The van der Waals surface area contributed by atoms with Crippen molar-refractivity contribution < 1.29 is 14.6 Å². The highest BCUT2D eigenvalue weighted by Crippen LogP contribution is 2.34. The fourth-order valence-corrected chi connectivity index (χ4v) is 3.53. The summed E-state index contributed by atoms with van der Waals surface area (Å²) in [6, 6.07) is 11.7. The van der Waals surface area contributed by atoms with Crippen LogP contribution in [0, 0.1) is 0 Å². The maximum atomic E-state index is 11.9. The number of aromatic nitrogens is 3. The van der Waals surface area contributed by atoms with E-state index in [0.717, 1.165) is 46.8 Å². The predicted octanol–water partition coefficient (Wildman–Crippen LogP) is 4.92. The Hall–Kier alpha value is -2.80. The van der Waals surface area contributed by atoms with Crippen molar-refractivity contribution in [3.8, 4) is 5.75 Å². The third-order valence-electron chi connectivity index (χ3n) is 3.98. The lowest BCUT2D eigenvalue weighted by atomic mass is 10.0. The van der Waals surface area contributed by atoms with Crippen LogP contribution >= 0.6 is 11.8 Å². The quantitative estimate of drug-likeness (QED) is 0.414. The minimum absolute atomic E-state index is 0.0288. The number of carbonyl (C=O) groups is 1. The first-order valence-electron chi connectivity index (χ1n) is 9.20. The molecule has 3 aromatic rings. The Kier molecular flexibility index (Phi) is 6.36. The Morgan fingerprint density at radius 2 is 2.07 bits per heavy atom. The van der Waals surface area contributed by atoms with Crippen LogP contribution in [0.4, 0.5) is 0 Å². The number of H-pyrrole nitrogens is 1. The average molecular weight is 398 g/mol. The number of fused-ring (bicyclic) bond motifs is 1. The van der Waals surface area contributed by atoms with E-state index >= 15 is 0 Å². The van der Waals surface area contributed by atoms with Crippen molar-refractivity contribution in [3.05, 3.63) is 52.7 Å². The van der Waals surface area contributed by atoms with E-state index in [0.29, 0.717) is 10.9 Å². The van der Waals surface area contributed by atoms with Crippen molar-refractivity contribution in [3.63, 3.8) is 0 Å². The van der Waals surface area contributed by atoms with Gasteiger partial charge >= 0.3 is 5.97 Å². The van der Waals surface area contributed by atoms with Gasteiger partial charge < -0.3 is 9.84 Å². The number of rotatable bonds is 8. The second kappa shape index (κ2) is 8.93. The first-order chi connectivity index (χ1) is 13.5. The number of aryl methyl sites for hydroxylation is 1. The van der Waals surface area contributed by atoms with E-state index in [1.165, 1.54) is 0 Å². The zero-order valence-electron chi connectivity index (χ0n) is 16.1. The van der Waals surface area contributed by atoms with Gasteiger partial charge in [-0.1, -0.05) is 37.3 Å². The molecule has 0 atom stereocenters. The lowest BCUT2D eigenvalue weighted by Crippen LogP contribution is -2.07. The van der Waals surface area contributed by atoms with Crippen molar-refractivity contribution in [2.45, 2.75) is 44.9 Å². The summed E-state index contributed by atoms with van der Waals surface area (Å²) in [4.78, 5) is 16.4. The van der Waals surface area contributed by atoms with Crippen LogP contribution in [0.15, 0.2) is 46.5 Å². The normalized spacial score (nSPS) is 11.9. The van der Waals surface area contributed by atoms with E-state index < -0.39 is 5.97 Å². The average Bonchev–Trinajstić information content (AvgIpc) is 3.09. The SMILES string of the molecule is CCCc1nc(S/C(=C\c2c(OC(C)C)ccc3ccccc23)C(=O)O)n[nH]1. The smallest absolute Gasteiger partial charge is 0.342 e. The Morgan fingerprint density at radius 1 is 1.29 bits per heavy atom. The van der Waals surface area contributed by atoms with E-state index in [-0.39, 0.29) is 11.0 Å². The molecule has 28 heavy (non-hydrogen) atoms. The van der Waals surface area contributed by atoms with Crippen LogP contribution in [0.5, 0.6) is 5.75 Å². The fraction of sp³-hybridized carbons (Fsp3) is 0.286. The number of aromatic amines is 1. The number of ether oxygens (including phenoxy) is 1. The van der Waals surface area contributed by atoms with Gasteiger partial charge in [-0.3, -0.25) is 5.10 Å². The van der Waals surface area contributed by atoms with Crippen molar-refractivity contribution in [2.75, 3.05) is 0 Å². The van der Waals surface area contributed by atoms with E-state index in [9.17, 15) is 9.90 Å². The molecule has 0 aliphatic heterocycles. The molecule has 7 heteroatoms. The number of nitrogens with zero attached hydrogens (tertiary/aromatic N) is 2. The lowest BCUT2D eigenvalue weighted by molar-refractivity contribution is -0.131. The maximum Gasteiger partial charge on any atom is 0.342 e. The van der Waals surface area contributed by atoms with Crippen LogP contribution in [0.25, 0.3) is 16.8 Å². The zero-order chi connectivity index (χ0) is 20.1. The third kappa shape index (κ3) is 4.72. The Bertz CT molecular complexity index is 1010. The molecule has 0 radical (unpaired) electrons. The van der Waals surface area contributed by atoms with Gasteiger partial charge in [0, 0.05) is 12.0 Å². The van der Waals surface area contributed by atoms with E-state index in [1.54, 1.807) is 6.08 Å². The molecular weight excluding hydrogens is 374 g/mol. The van der Waals surface area contributed by atoms with E-state index in [2.05, 4.69) is 22.1 Å². The van der Waals surface area contributed by atoms with Gasteiger partial charge in [0.15, 0.2) is 0 Å². The molecular formula is C21H23N3O3S. The van der Waals surface area contributed by atoms with Crippen molar-refractivity contribution in [2.24, 2.45) is 0 Å². The van der Waals surface area contributed by atoms with Gasteiger partial charge in [-0.2, -0.15) is 0 Å². The molecule has 2 N–H and O–H groups in total. The van der Waals surface area contributed by atoms with Crippen LogP contribution in [0.3, 0.4) is 0 Å². The van der Waals surface area contributed by atoms with Gasteiger partial charge in [-0.05, 0) is 54.9 Å². The van der Waals surface area contributed by atoms with Crippen LogP contribution in [-0.2, 0) is 11.2 Å². The third-order valence-corrected chi connectivity index (χ3v) is 4.86. The van der Waals surface area contributed by atoms with Gasteiger partial charge in [-0.25, -0.2) is 9.78 Å². The molecule has 0 saturated carbocycles. The van der Waals surface area contributed by atoms with E-state index in [1.807, 2.05) is 50.2 Å². The Morgan fingerprint density at radius 3 is 2.79 bits per heavy atom. The second-order valence-electron chi connectivity index (χ2n) is 6.60. The lowest BCUT2D eigenvalue weighted by Gasteiger charge is -2.15. The van der Waals surface area contributed by atoms with Gasteiger partial charge in [0.2, 0.25) is 5.16 Å². The number of hydrogen-bond acceptors (Lipinski definition) is 5. The van der Waals surface area contributed by atoms with Crippen LogP contribution in [-0.4, -0.2) is 32.4 Å². The highest BCUT2D eigenvalue weighted by molar-refractivity contribution is 8.04. The number of hydrogen-bond donors (Lipinski definition) is 2. The number of carboxylic acid groups (broad SMARTS) is 1. The summed E-state index contributed by atoms with van der Waals surface area (Å²) in [5.41, 5.74) is 0.737. The number of thioether (sulfide) groups is 1. The highest BCUT2D eigenvalue weighted by Gasteiger charge is 2.17. The monoisotopic (exact) mass is 397 g/mol. The molecule has 0 aliphatic carbocycles. The molecule has 0 saturated heterocycles. The van der Waals surface area contributed by atoms with Crippen LogP contribution < -0.4 is 4.74 Å². The molecule has 2 aromatic carbocycles. The topological polar surface area (TPSA) is 88.1 Å². The maximum absolute atomic E-state index is 11.9. The largest absolute Gasteiger partial charge is 0.490 e. The molecule has 6 nitrogen and oxygen atoms in total. The molecule has 0 unspecified atom stereocenters. The predicted molar refractivity (Wildman–Crippen MR) is 112 cm³/mol. The molecule has 0 amide bonds. The van der Waals surface area contributed by atoms with Gasteiger partial charge in [-0.15, -0.1) is 5.10 Å². The molecule has 3 rings (SSSR count). The molecule has 146 valence electrons. The summed E-state index contributed by atoms with van der Waals surface area (Å²) in [7, 11) is 0. The summed E-state index contributed by atoms with van der Waals surface area (Å²) in [5, 5.41) is 19.1. The highest BCUT2D eigenvalue weighted by atomic mass is 32.2. The second-order valence-corrected chi connectivity index (χ2v) is 7.60. The summed E-state index contributed by atoms with van der Waals surface area (Å²) in [5.74, 6) is 0.369. The standard InChI is InChI=1S/C21H23N3O3S/c1-4-7-19-22-21(24-23-19)28-18(20(25)26)12-16-15-9-6-5-8-14(15)10-11-17(16)27-13(2)3/h5-6,8-13H,4,7H2,1-3H3,(H,25,26)(H,22,23,24)/b18-12-. The van der Waals surface area contributed by atoms with Gasteiger partial charge in [0.1, 0.15) is 16.5 Å². The molecule has 1 aromatic heterocycles.